The zero-order chi connectivity index (χ0) is 17.8. The second-order valence-corrected chi connectivity index (χ2v) is 9.51. The summed E-state index contributed by atoms with van der Waals surface area (Å²) in [5.74, 6) is 2.77. The normalized spacial score (nSPS) is 48.5. The Kier molecular flexibility index (Phi) is 4.01. The maximum atomic E-state index is 9.32. The van der Waals surface area contributed by atoms with Gasteiger partial charge in [0.15, 0.2) is 0 Å². The third-order valence-electron chi connectivity index (χ3n) is 8.77. The van der Waals surface area contributed by atoms with Crippen molar-refractivity contribution in [2.75, 3.05) is 0 Å². The molecule has 0 aromatic carbocycles. The molecule has 0 bridgehead atoms. The molecule has 25 heavy (non-hydrogen) atoms. The minimum Gasteiger partial charge on any atom is -0.411 e. The van der Waals surface area contributed by atoms with E-state index in [-0.39, 0.29) is 5.41 Å². The van der Waals surface area contributed by atoms with Gasteiger partial charge in [-0.05, 0) is 93.0 Å². The van der Waals surface area contributed by atoms with Gasteiger partial charge in [0.05, 0.1) is 11.4 Å². The minimum absolute atomic E-state index is 0.288. The van der Waals surface area contributed by atoms with Crippen molar-refractivity contribution >= 4 is 11.4 Å². The fourth-order valence-corrected chi connectivity index (χ4v) is 7.41. The van der Waals surface area contributed by atoms with Crippen LogP contribution in [0.1, 0.15) is 72.1 Å². The van der Waals surface area contributed by atoms with Crippen LogP contribution in [0.3, 0.4) is 0 Å². The van der Waals surface area contributed by atoms with Crippen LogP contribution in [0.15, 0.2) is 22.0 Å². The summed E-state index contributed by atoms with van der Waals surface area (Å²) < 4.78 is 0. The minimum atomic E-state index is 0.288. The Hall–Kier alpha value is -1.32. The third kappa shape index (κ3) is 2.32. The van der Waals surface area contributed by atoms with Gasteiger partial charge in [-0.25, -0.2) is 0 Å². The lowest BCUT2D eigenvalue weighted by Crippen LogP contribution is -2.51. The number of fused-ring (bicyclic) bond motifs is 5. The van der Waals surface area contributed by atoms with Crippen LogP contribution in [-0.4, -0.2) is 21.8 Å². The van der Waals surface area contributed by atoms with Gasteiger partial charge in [0, 0.05) is 5.92 Å². The highest BCUT2D eigenvalue weighted by molar-refractivity contribution is 5.96. The van der Waals surface area contributed by atoms with Gasteiger partial charge >= 0.3 is 0 Å². The van der Waals surface area contributed by atoms with Gasteiger partial charge in [-0.2, -0.15) is 0 Å². The van der Waals surface area contributed by atoms with Gasteiger partial charge in [-0.3, -0.25) is 0 Å². The van der Waals surface area contributed by atoms with Gasteiger partial charge in [-0.1, -0.05) is 29.7 Å². The Bertz CT molecular complexity index is 652. The zero-order valence-electron chi connectivity index (χ0n) is 15.8. The molecule has 4 heteroatoms. The second kappa shape index (κ2) is 5.85. The lowest BCUT2D eigenvalue weighted by molar-refractivity contribution is -0.0410. The molecule has 0 saturated heterocycles. The summed E-state index contributed by atoms with van der Waals surface area (Å²) in [5.41, 5.74) is 3.92. The fraction of sp³-hybridized carbons (Fsp3) is 0.810. The Morgan fingerprint density at radius 1 is 1.04 bits per heavy atom. The highest BCUT2D eigenvalue weighted by Gasteiger charge is 2.59. The zero-order valence-corrected chi connectivity index (χ0v) is 15.8. The van der Waals surface area contributed by atoms with Gasteiger partial charge in [0.2, 0.25) is 0 Å². The number of hydrogen-bond donors (Lipinski definition) is 2. The number of hydrogen-bond acceptors (Lipinski definition) is 4. The first-order chi connectivity index (χ1) is 11.9. The van der Waals surface area contributed by atoms with E-state index in [4.69, 9.17) is 0 Å². The van der Waals surface area contributed by atoms with E-state index in [0.717, 1.165) is 48.4 Å². The highest BCUT2D eigenvalue weighted by atomic mass is 16.4. The fourth-order valence-electron chi connectivity index (χ4n) is 7.41. The topological polar surface area (TPSA) is 65.2 Å². The van der Waals surface area contributed by atoms with Gasteiger partial charge in [-0.15, -0.1) is 0 Å². The third-order valence-corrected chi connectivity index (χ3v) is 8.77. The van der Waals surface area contributed by atoms with E-state index in [1.54, 1.807) is 0 Å². The average Bonchev–Trinajstić information content (AvgIpc) is 2.97. The van der Waals surface area contributed by atoms with Crippen molar-refractivity contribution in [1.82, 2.24) is 0 Å². The van der Waals surface area contributed by atoms with Crippen LogP contribution in [0.5, 0.6) is 0 Å². The van der Waals surface area contributed by atoms with Crippen molar-refractivity contribution in [1.29, 1.82) is 0 Å². The van der Waals surface area contributed by atoms with Crippen molar-refractivity contribution in [2.45, 2.75) is 72.1 Å². The van der Waals surface area contributed by atoms with Crippen molar-refractivity contribution in [3.8, 4) is 0 Å². The maximum absolute atomic E-state index is 9.32. The molecule has 4 aliphatic rings. The monoisotopic (exact) mass is 344 g/mol. The summed E-state index contributed by atoms with van der Waals surface area (Å²) in [6.45, 7) is 6.94. The highest BCUT2D eigenvalue weighted by Crippen LogP contribution is 2.66. The van der Waals surface area contributed by atoms with Crippen molar-refractivity contribution in [3.05, 3.63) is 11.6 Å². The molecule has 0 heterocycles. The maximum Gasteiger partial charge on any atom is 0.0795 e. The molecule has 6 unspecified atom stereocenters. The SMILES string of the molecule is CC(=NO)C1CCC2C3CCC4=C/C(=N/O)CCC4(C)C3CCC12C. The van der Waals surface area contributed by atoms with Crippen LogP contribution in [0.4, 0.5) is 0 Å². The molecular weight excluding hydrogens is 312 g/mol. The molecule has 6 atom stereocenters. The summed E-state index contributed by atoms with van der Waals surface area (Å²) in [6.07, 6.45) is 11.6. The second-order valence-electron chi connectivity index (χ2n) is 9.51. The van der Waals surface area contributed by atoms with Crippen LogP contribution in [0, 0.1) is 34.5 Å². The molecule has 2 N–H and O–H groups in total. The Balaban J connectivity index is 1.65. The molecule has 0 radical (unpaired) electrons. The Morgan fingerprint density at radius 3 is 2.56 bits per heavy atom. The quantitative estimate of drug-likeness (QED) is 0.388. The molecule has 3 fully saturated rings. The molecule has 4 aliphatic carbocycles. The summed E-state index contributed by atoms with van der Waals surface area (Å²) in [7, 11) is 0. The van der Waals surface area contributed by atoms with E-state index in [0.29, 0.717) is 11.3 Å². The molecule has 0 spiro atoms. The molecule has 0 aliphatic heterocycles. The largest absolute Gasteiger partial charge is 0.411 e. The number of allylic oxidation sites excluding steroid dienone is 2. The predicted octanol–water partition coefficient (Wildman–Crippen LogP) is 5.25. The Morgan fingerprint density at radius 2 is 1.84 bits per heavy atom. The molecule has 138 valence electrons. The molecular formula is C21H32N2O2. The molecule has 0 amide bonds. The van der Waals surface area contributed by atoms with Crippen LogP contribution in [-0.2, 0) is 0 Å². The van der Waals surface area contributed by atoms with Crippen LogP contribution < -0.4 is 0 Å². The van der Waals surface area contributed by atoms with E-state index < -0.39 is 0 Å². The van der Waals surface area contributed by atoms with E-state index in [9.17, 15) is 10.4 Å². The van der Waals surface area contributed by atoms with Crippen LogP contribution in [0.25, 0.3) is 0 Å². The first-order valence-electron chi connectivity index (χ1n) is 10.0. The molecule has 3 saturated carbocycles. The first-order valence-corrected chi connectivity index (χ1v) is 10.0. The number of oxime groups is 2. The summed E-state index contributed by atoms with van der Waals surface area (Å²) in [6, 6.07) is 0. The number of rotatable bonds is 1. The van der Waals surface area contributed by atoms with E-state index in [1.807, 2.05) is 6.92 Å². The van der Waals surface area contributed by atoms with E-state index in [1.165, 1.54) is 37.7 Å². The molecule has 4 rings (SSSR count). The van der Waals surface area contributed by atoms with Gasteiger partial charge in [0.25, 0.3) is 0 Å². The van der Waals surface area contributed by atoms with Crippen LogP contribution in [0.2, 0.25) is 0 Å². The molecule has 4 nitrogen and oxygen atoms in total. The first kappa shape index (κ1) is 17.1. The van der Waals surface area contributed by atoms with Crippen molar-refractivity contribution < 1.29 is 10.4 Å². The standard InChI is InChI=1S/C21H32N2O2/c1-13(22-24)17-6-7-18-16-5-4-14-12-15(23-25)8-10-20(14,2)19(16)9-11-21(17,18)3/h12,16-19,24-25H,4-11H2,1-3H3/b22-13?,23-15+. The van der Waals surface area contributed by atoms with E-state index >= 15 is 0 Å². The Labute approximate surface area is 151 Å². The van der Waals surface area contributed by atoms with Crippen LogP contribution >= 0.6 is 0 Å². The number of nitrogens with zero attached hydrogens (tertiary/aromatic N) is 2. The summed E-state index contributed by atoms with van der Waals surface area (Å²) in [4.78, 5) is 0. The van der Waals surface area contributed by atoms with Crippen molar-refractivity contribution in [2.24, 2.45) is 44.8 Å². The lowest BCUT2D eigenvalue weighted by atomic mass is 9.46. The summed E-state index contributed by atoms with van der Waals surface area (Å²) in [5, 5.41) is 25.6. The summed E-state index contributed by atoms with van der Waals surface area (Å²) >= 11 is 0. The predicted molar refractivity (Wildman–Crippen MR) is 99.3 cm³/mol. The van der Waals surface area contributed by atoms with Gasteiger partial charge < -0.3 is 10.4 Å². The molecule has 0 aromatic heterocycles. The van der Waals surface area contributed by atoms with E-state index in [2.05, 4.69) is 30.2 Å². The lowest BCUT2D eigenvalue weighted by Gasteiger charge is -2.58. The molecule has 0 aromatic rings. The van der Waals surface area contributed by atoms with Gasteiger partial charge in [0.1, 0.15) is 0 Å². The van der Waals surface area contributed by atoms with Crippen molar-refractivity contribution in [3.63, 3.8) is 0 Å². The average molecular weight is 344 g/mol. The smallest absolute Gasteiger partial charge is 0.0795 e.